The molecule has 4 nitrogen and oxygen atoms in total. The molecule has 4 heteroatoms. The van der Waals surface area contributed by atoms with Crippen LogP contribution in [0.15, 0.2) is 36.5 Å². The molecule has 1 unspecified atom stereocenters. The lowest BCUT2D eigenvalue weighted by molar-refractivity contribution is -0.153. The molecule has 2 aliphatic rings. The maximum atomic E-state index is 12.3. The van der Waals surface area contributed by atoms with Crippen molar-refractivity contribution in [2.45, 2.75) is 84.2 Å². The molecule has 3 atom stereocenters. The van der Waals surface area contributed by atoms with Crippen molar-refractivity contribution in [1.82, 2.24) is 0 Å². The van der Waals surface area contributed by atoms with Gasteiger partial charge in [-0.25, -0.2) is 4.79 Å². The SMILES string of the molecule is C/C=C\CC1(C/C=C/[C@H]2CCC(=O)[C@@H]2C/C=C\CCC(O)C(=O)OCC)CCC1. The Morgan fingerprint density at radius 1 is 1.24 bits per heavy atom. The Kier molecular flexibility index (Phi) is 9.86. The maximum Gasteiger partial charge on any atom is 0.334 e. The number of carbonyl (C=O) groups excluding carboxylic acids is 2. The lowest BCUT2D eigenvalue weighted by Crippen LogP contribution is -2.28. The fraction of sp³-hybridized carbons (Fsp3) is 0.680. The van der Waals surface area contributed by atoms with Gasteiger partial charge in [-0.15, -0.1) is 0 Å². The van der Waals surface area contributed by atoms with Gasteiger partial charge in [-0.05, 0) is 76.5 Å². The molecule has 2 aliphatic carbocycles. The van der Waals surface area contributed by atoms with Gasteiger partial charge < -0.3 is 9.84 Å². The summed E-state index contributed by atoms with van der Waals surface area (Å²) in [6.07, 6.45) is 21.6. The monoisotopic (exact) mass is 402 g/mol. The van der Waals surface area contributed by atoms with Crippen LogP contribution in [0, 0.1) is 17.3 Å². The summed E-state index contributed by atoms with van der Waals surface area (Å²) in [6, 6.07) is 0. The first kappa shape index (κ1) is 23.6. The van der Waals surface area contributed by atoms with Gasteiger partial charge in [0.25, 0.3) is 0 Å². The predicted octanol–water partition coefficient (Wildman–Crippen LogP) is 5.32. The zero-order valence-electron chi connectivity index (χ0n) is 18.1. The maximum absolute atomic E-state index is 12.3. The second kappa shape index (κ2) is 12.1. The second-order valence-corrected chi connectivity index (χ2v) is 8.59. The molecule has 0 spiro atoms. The van der Waals surface area contributed by atoms with Crippen LogP contribution in [-0.2, 0) is 14.3 Å². The summed E-state index contributed by atoms with van der Waals surface area (Å²) in [5.41, 5.74) is 0.459. The van der Waals surface area contributed by atoms with Crippen LogP contribution in [0.3, 0.4) is 0 Å². The molecular weight excluding hydrogens is 364 g/mol. The van der Waals surface area contributed by atoms with Crippen LogP contribution >= 0.6 is 0 Å². The number of hydrogen-bond acceptors (Lipinski definition) is 4. The number of carbonyl (C=O) groups is 2. The first-order chi connectivity index (χ1) is 14.0. The Morgan fingerprint density at radius 3 is 2.66 bits per heavy atom. The van der Waals surface area contributed by atoms with Gasteiger partial charge in [0.05, 0.1) is 6.61 Å². The molecule has 0 heterocycles. The highest BCUT2D eigenvalue weighted by atomic mass is 16.5. The van der Waals surface area contributed by atoms with E-state index < -0.39 is 12.1 Å². The van der Waals surface area contributed by atoms with Gasteiger partial charge >= 0.3 is 5.97 Å². The van der Waals surface area contributed by atoms with Crippen molar-refractivity contribution in [3.63, 3.8) is 0 Å². The molecule has 29 heavy (non-hydrogen) atoms. The van der Waals surface area contributed by atoms with E-state index in [4.69, 9.17) is 4.74 Å². The van der Waals surface area contributed by atoms with E-state index in [1.807, 2.05) is 12.2 Å². The Bertz CT molecular complexity index is 612. The first-order valence-corrected chi connectivity index (χ1v) is 11.3. The number of aliphatic hydroxyl groups excluding tert-OH is 1. The number of Topliss-reactive ketones (excluding diaryl/α,β-unsaturated/α-hetero) is 1. The molecule has 2 saturated carbocycles. The van der Waals surface area contributed by atoms with E-state index in [0.29, 0.717) is 36.4 Å². The van der Waals surface area contributed by atoms with Crippen LogP contribution in [0.2, 0.25) is 0 Å². The minimum Gasteiger partial charge on any atom is -0.464 e. The summed E-state index contributed by atoms with van der Waals surface area (Å²) in [7, 11) is 0. The van der Waals surface area contributed by atoms with Gasteiger partial charge in [0.1, 0.15) is 5.78 Å². The van der Waals surface area contributed by atoms with Crippen LogP contribution < -0.4 is 0 Å². The summed E-state index contributed by atoms with van der Waals surface area (Å²) < 4.78 is 4.80. The van der Waals surface area contributed by atoms with Crippen molar-refractivity contribution in [2.75, 3.05) is 6.61 Å². The minimum atomic E-state index is -1.07. The highest BCUT2D eigenvalue weighted by molar-refractivity contribution is 5.83. The molecule has 0 aromatic rings. The lowest BCUT2D eigenvalue weighted by atomic mass is 9.64. The summed E-state index contributed by atoms with van der Waals surface area (Å²) in [4.78, 5) is 23.7. The summed E-state index contributed by atoms with van der Waals surface area (Å²) in [6.45, 7) is 4.09. The van der Waals surface area contributed by atoms with Gasteiger partial charge in [-0.2, -0.15) is 0 Å². The first-order valence-electron chi connectivity index (χ1n) is 11.3. The third-order valence-electron chi connectivity index (χ3n) is 6.51. The third-order valence-corrected chi connectivity index (χ3v) is 6.51. The molecule has 0 amide bonds. The number of ketones is 1. The highest BCUT2D eigenvalue weighted by Gasteiger charge is 2.35. The number of rotatable bonds is 12. The van der Waals surface area contributed by atoms with E-state index in [0.717, 1.165) is 19.3 Å². The Morgan fingerprint density at radius 2 is 2.00 bits per heavy atom. The number of hydrogen-bond donors (Lipinski definition) is 1. The van der Waals surface area contributed by atoms with E-state index in [1.165, 1.54) is 25.7 Å². The number of allylic oxidation sites excluding steroid dienone is 6. The van der Waals surface area contributed by atoms with E-state index in [9.17, 15) is 14.7 Å². The molecule has 162 valence electrons. The zero-order valence-corrected chi connectivity index (χ0v) is 18.1. The zero-order chi connectivity index (χ0) is 21.1. The summed E-state index contributed by atoms with van der Waals surface area (Å²) in [5.74, 6) is 0.223. The number of aliphatic hydroxyl groups is 1. The van der Waals surface area contributed by atoms with Crippen molar-refractivity contribution in [3.8, 4) is 0 Å². The van der Waals surface area contributed by atoms with Crippen molar-refractivity contribution in [1.29, 1.82) is 0 Å². The second-order valence-electron chi connectivity index (χ2n) is 8.59. The van der Waals surface area contributed by atoms with Gasteiger partial charge in [-0.3, -0.25) is 4.79 Å². The van der Waals surface area contributed by atoms with Crippen LogP contribution in [0.5, 0.6) is 0 Å². The van der Waals surface area contributed by atoms with E-state index in [2.05, 4.69) is 31.2 Å². The topological polar surface area (TPSA) is 63.6 Å². The molecule has 0 bridgehead atoms. The Hall–Kier alpha value is -1.68. The number of esters is 1. The molecule has 0 aliphatic heterocycles. The average molecular weight is 403 g/mol. The van der Waals surface area contributed by atoms with Gasteiger partial charge in [0.2, 0.25) is 0 Å². The quantitative estimate of drug-likeness (QED) is 0.355. The van der Waals surface area contributed by atoms with E-state index >= 15 is 0 Å². The third kappa shape index (κ3) is 7.26. The van der Waals surface area contributed by atoms with E-state index in [1.54, 1.807) is 6.92 Å². The molecule has 2 fully saturated rings. The van der Waals surface area contributed by atoms with Crippen molar-refractivity contribution >= 4 is 11.8 Å². The molecule has 2 rings (SSSR count). The van der Waals surface area contributed by atoms with Crippen LogP contribution in [-0.4, -0.2) is 29.6 Å². The largest absolute Gasteiger partial charge is 0.464 e. The predicted molar refractivity (Wildman–Crippen MR) is 116 cm³/mol. The lowest BCUT2D eigenvalue weighted by Gasteiger charge is -2.41. The van der Waals surface area contributed by atoms with Crippen LogP contribution in [0.4, 0.5) is 0 Å². The Balaban J connectivity index is 1.77. The highest BCUT2D eigenvalue weighted by Crippen LogP contribution is 2.47. The standard InChI is InChI=1S/C25H38O4/c1-3-5-16-25(18-10-19-25)17-9-11-20-14-15-22(26)21(20)12-7-6-8-13-23(27)24(28)29-4-2/h3,5-7,9,11,20-21,23,27H,4,8,10,12-19H2,1-2H3/b5-3-,7-6-,11-9+/t20-,21+,23?/m0/s1. The van der Waals surface area contributed by atoms with Gasteiger partial charge in [0.15, 0.2) is 6.10 Å². The van der Waals surface area contributed by atoms with Crippen LogP contribution in [0.25, 0.3) is 0 Å². The minimum absolute atomic E-state index is 0.0744. The van der Waals surface area contributed by atoms with Gasteiger partial charge in [0, 0.05) is 12.3 Å². The molecular formula is C25H38O4. The summed E-state index contributed by atoms with van der Waals surface area (Å²) in [5, 5.41) is 9.71. The smallest absolute Gasteiger partial charge is 0.334 e. The van der Waals surface area contributed by atoms with E-state index in [-0.39, 0.29) is 12.5 Å². The average Bonchev–Trinajstić information content (AvgIpc) is 3.02. The van der Waals surface area contributed by atoms with Crippen molar-refractivity contribution < 1.29 is 19.4 Å². The van der Waals surface area contributed by atoms with Crippen LogP contribution in [0.1, 0.15) is 78.1 Å². The molecule has 0 aromatic heterocycles. The normalized spacial score (nSPS) is 25.1. The molecule has 1 N–H and O–H groups in total. The summed E-state index contributed by atoms with van der Waals surface area (Å²) >= 11 is 0. The number of ether oxygens (including phenoxy) is 1. The fourth-order valence-electron chi connectivity index (χ4n) is 4.47. The van der Waals surface area contributed by atoms with Crippen molar-refractivity contribution in [2.24, 2.45) is 17.3 Å². The molecule has 0 aromatic carbocycles. The van der Waals surface area contributed by atoms with Crippen molar-refractivity contribution in [3.05, 3.63) is 36.5 Å². The molecule has 0 radical (unpaired) electrons. The Labute approximate surface area is 176 Å². The molecule has 0 saturated heterocycles. The van der Waals surface area contributed by atoms with Gasteiger partial charge in [-0.1, -0.05) is 42.9 Å². The fourth-order valence-corrected chi connectivity index (χ4v) is 4.47.